The molecule has 8 nitrogen and oxygen atoms in total. The molecule has 1 aromatic rings. The molecule has 0 bridgehead atoms. The van der Waals surface area contributed by atoms with E-state index in [4.69, 9.17) is 16.3 Å². The van der Waals surface area contributed by atoms with E-state index < -0.39 is 18.0 Å². The van der Waals surface area contributed by atoms with Gasteiger partial charge in [0.2, 0.25) is 0 Å². The van der Waals surface area contributed by atoms with Crippen LogP contribution in [0.4, 0.5) is 0 Å². The topological polar surface area (TPSA) is 113 Å². The van der Waals surface area contributed by atoms with Crippen LogP contribution in [-0.4, -0.2) is 35.0 Å². The number of hydrogen-bond acceptors (Lipinski definition) is 7. The van der Waals surface area contributed by atoms with Gasteiger partial charge in [-0.2, -0.15) is 0 Å². The van der Waals surface area contributed by atoms with E-state index in [1.165, 1.54) is 0 Å². The predicted octanol–water partition coefficient (Wildman–Crippen LogP) is 2.99. The number of fused-ring (bicyclic) bond motifs is 1. The summed E-state index contributed by atoms with van der Waals surface area (Å²) in [6.07, 6.45) is 6.36. The molecule has 0 saturated carbocycles. The number of nitrogens with one attached hydrogen (secondary N) is 1. The number of carbonyl (C=O) groups excluding carboxylic acids is 1. The average Bonchev–Trinajstić information content (AvgIpc) is 3.09. The Labute approximate surface area is 171 Å². The number of phenols is 1. The number of dihydropyridines is 1. The summed E-state index contributed by atoms with van der Waals surface area (Å²) < 4.78 is 5.75. The quantitative estimate of drug-likeness (QED) is 0.741. The van der Waals surface area contributed by atoms with Crippen LogP contribution < -0.4 is 5.32 Å². The molecule has 2 heterocycles. The van der Waals surface area contributed by atoms with Crippen molar-refractivity contribution in [1.82, 2.24) is 5.32 Å². The van der Waals surface area contributed by atoms with Crippen molar-refractivity contribution in [2.75, 3.05) is 0 Å². The predicted molar refractivity (Wildman–Crippen MR) is 108 cm³/mol. The lowest BCUT2D eigenvalue weighted by molar-refractivity contribution is -0.121. The van der Waals surface area contributed by atoms with E-state index >= 15 is 0 Å². The molecule has 0 fully saturated rings. The van der Waals surface area contributed by atoms with E-state index in [0.29, 0.717) is 22.1 Å². The fourth-order valence-electron chi connectivity index (χ4n) is 3.33. The molecule has 4 atom stereocenters. The number of halogens is 1. The zero-order valence-electron chi connectivity index (χ0n) is 15.3. The SMILES string of the molecule is CC1C=CC(OC2=NC3N=C(c4cccc(O)c4)C(Cl)=CC3N2)=CC1C(=O)N=O. The Hall–Kier alpha value is -3.26. The van der Waals surface area contributed by atoms with Crippen LogP contribution in [0.3, 0.4) is 0 Å². The van der Waals surface area contributed by atoms with Crippen LogP contribution in [0.2, 0.25) is 0 Å². The normalized spacial score (nSPS) is 27.7. The Morgan fingerprint density at radius 3 is 2.90 bits per heavy atom. The number of rotatable bonds is 3. The molecule has 148 valence electrons. The number of phenolic OH excluding ortho intramolecular Hbond substituents is 1. The van der Waals surface area contributed by atoms with E-state index in [1.807, 2.05) is 6.92 Å². The Morgan fingerprint density at radius 2 is 2.14 bits per heavy atom. The smallest absolute Gasteiger partial charge is 0.293 e. The molecule has 0 aromatic heterocycles. The van der Waals surface area contributed by atoms with Crippen LogP contribution in [0.15, 0.2) is 74.5 Å². The number of amidine groups is 1. The Kier molecular flexibility index (Phi) is 5.02. The second kappa shape index (κ2) is 7.63. The Bertz CT molecular complexity index is 1030. The molecule has 9 heteroatoms. The summed E-state index contributed by atoms with van der Waals surface area (Å²) in [5, 5.41) is 15.7. The fraction of sp³-hybridized carbons (Fsp3) is 0.250. The summed E-state index contributed by atoms with van der Waals surface area (Å²) in [7, 11) is 0. The van der Waals surface area contributed by atoms with Crippen LogP contribution in [0, 0.1) is 16.7 Å². The van der Waals surface area contributed by atoms with Gasteiger partial charge in [-0.3, -0.25) is 9.79 Å². The van der Waals surface area contributed by atoms with Gasteiger partial charge in [0, 0.05) is 10.7 Å². The maximum absolute atomic E-state index is 11.7. The standard InChI is InChI=1S/C20H17ClN4O4/c1-10-5-6-13(8-14(10)19(27)25-28)29-20-22-16-9-15(21)17(23-18(16)24-20)11-3-2-4-12(26)7-11/h2-10,14,16,18,26H,1H3,(H,22,24). The van der Waals surface area contributed by atoms with E-state index in [-0.39, 0.29) is 23.7 Å². The maximum Gasteiger partial charge on any atom is 0.293 e. The molecule has 2 aliphatic heterocycles. The number of benzene rings is 1. The lowest BCUT2D eigenvalue weighted by Crippen LogP contribution is -2.36. The minimum Gasteiger partial charge on any atom is -0.508 e. The minimum atomic E-state index is -0.743. The van der Waals surface area contributed by atoms with E-state index in [0.717, 1.165) is 0 Å². The third-order valence-electron chi connectivity index (χ3n) is 4.86. The van der Waals surface area contributed by atoms with Gasteiger partial charge in [0.1, 0.15) is 11.5 Å². The largest absolute Gasteiger partial charge is 0.508 e. The second-order valence-corrected chi connectivity index (χ2v) is 7.31. The van der Waals surface area contributed by atoms with Crippen LogP contribution in [-0.2, 0) is 9.53 Å². The van der Waals surface area contributed by atoms with Gasteiger partial charge < -0.3 is 15.2 Å². The number of nitroso groups, excluding NO2 is 1. The lowest BCUT2D eigenvalue weighted by atomic mass is 9.89. The molecule has 4 rings (SSSR count). The van der Waals surface area contributed by atoms with Crippen LogP contribution in [0.5, 0.6) is 5.75 Å². The summed E-state index contributed by atoms with van der Waals surface area (Å²) in [4.78, 5) is 31.3. The molecule has 0 spiro atoms. The molecule has 1 amide bonds. The Balaban J connectivity index is 1.54. The van der Waals surface area contributed by atoms with Crippen molar-refractivity contribution in [3.05, 3.63) is 69.8 Å². The number of nitrogens with zero attached hydrogens (tertiary/aromatic N) is 3. The molecule has 4 unspecified atom stereocenters. The Morgan fingerprint density at radius 1 is 1.31 bits per heavy atom. The summed E-state index contributed by atoms with van der Waals surface area (Å²) >= 11 is 6.38. The summed E-state index contributed by atoms with van der Waals surface area (Å²) in [6, 6.07) is 6.62. The van der Waals surface area contributed by atoms with Gasteiger partial charge in [0.05, 0.1) is 22.7 Å². The minimum absolute atomic E-state index is 0.119. The third kappa shape index (κ3) is 3.84. The first kappa shape index (κ1) is 19.1. The van der Waals surface area contributed by atoms with Crippen molar-refractivity contribution in [3.8, 4) is 5.75 Å². The third-order valence-corrected chi connectivity index (χ3v) is 5.16. The van der Waals surface area contributed by atoms with Gasteiger partial charge in [0.15, 0.2) is 6.17 Å². The van der Waals surface area contributed by atoms with Gasteiger partial charge >= 0.3 is 0 Å². The van der Waals surface area contributed by atoms with Crippen LogP contribution in [0.25, 0.3) is 0 Å². The number of aromatic hydroxyl groups is 1. The summed E-state index contributed by atoms with van der Waals surface area (Å²) in [5.74, 6) is -1.05. The first-order valence-electron chi connectivity index (χ1n) is 8.99. The zero-order valence-corrected chi connectivity index (χ0v) is 16.1. The number of ether oxygens (including phenoxy) is 1. The van der Waals surface area contributed by atoms with Crippen LogP contribution in [0.1, 0.15) is 12.5 Å². The highest BCUT2D eigenvalue weighted by Gasteiger charge is 2.34. The highest BCUT2D eigenvalue weighted by Crippen LogP contribution is 2.28. The molecule has 0 saturated heterocycles. The fourth-order valence-corrected chi connectivity index (χ4v) is 3.62. The molecule has 29 heavy (non-hydrogen) atoms. The zero-order chi connectivity index (χ0) is 20.5. The molecule has 3 aliphatic rings. The lowest BCUT2D eigenvalue weighted by Gasteiger charge is -2.20. The highest BCUT2D eigenvalue weighted by molar-refractivity contribution is 6.46. The van der Waals surface area contributed by atoms with Gasteiger partial charge in [0.25, 0.3) is 11.9 Å². The molecule has 1 aromatic carbocycles. The number of allylic oxidation sites excluding steroid dienone is 3. The highest BCUT2D eigenvalue weighted by atomic mass is 35.5. The van der Waals surface area contributed by atoms with Gasteiger partial charge in [-0.05, 0) is 36.3 Å². The van der Waals surface area contributed by atoms with Crippen molar-refractivity contribution in [2.45, 2.75) is 19.1 Å². The number of amides is 1. The molecule has 2 N–H and O–H groups in total. The molecule has 1 aliphatic carbocycles. The number of hydrogen-bond donors (Lipinski definition) is 2. The second-order valence-electron chi connectivity index (χ2n) is 6.91. The molecular formula is C20H17ClN4O4. The first-order valence-corrected chi connectivity index (χ1v) is 9.36. The van der Waals surface area contributed by atoms with Crippen molar-refractivity contribution in [1.29, 1.82) is 0 Å². The van der Waals surface area contributed by atoms with Crippen molar-refractivity contribution >= 4 is 29.2 Å². The van der Waals surface area contributed by atoms with Crippen molar-refractivity contribution in [2.24, 2.45) is 27.0 Å². The first-order chi connectivity index (χ1) is 13.9. The molecular weight excluding hydrogens is 396 g/mol. The van der Waals surface area contributed by atoms with Gasteiger partial charge in [-0.15, -0.1) is 4.91 Å². The van der Waals surface area contributed by atoms with Crippen molar-refractivity contribution < 1.29 is 14.6 Å². The van der Waals surface area contributed by atoms with Gasteiger partial charge in [-0.1, -0.05) is 36.7 Å². The van der Waals surface area contributed by atoms with E-state index in [1.54, 1.807) is 48.6 Å². The monoisotopic (exact) mass is 412 g/mol. The maximum atomic E-state index is 11.7. The average molecular weight is 413 g/mol. The van der Waals surface area contributed by atoms with Crippen LogP contribution >= 0.6 is 11.6 Å². The number of aliphatic imine (C=N–C) groups is 2. The van der Waals surface area contributed by atoms with Gasteiger partial charge in [-0.25, -0.2) is 4.99 Å². The molecule has 0 radical (unpaired) electrons. The van der Waals surface area contributed by atoms with Crippen molar-refractivity contribution in [3.63, 3.8) is 0 Å². The summed E-state index contributed by atoms with van der Waals surface area (Å²) in [6.45, 7) is 1.82. The number of carbonyl (C=O) groups is 1. The summed E-state index contributed by atoms with van der Waals surface area (Å²) in [5.41, 5.74) is 1.22. The van der Waals surface area contributed by atoms with E-state index in [2.05, 4.69) is 20.5 Å². The van der Waals surface area contributed by atoms with E-state index in [9.17, 15) is 14.8 Å².